The number of hydrogen-bond acceptors (Lipinski definition) is 3. The van der Waals surface area contributed by atoms with Crippen LogP contribution in [0.25, 0.3) is 6.08 Å². The third-order valence-electron chi connectivity index (χ3n) is 1.82. The molecule has 1 rings (SSSR count). The Kier molecular flexibility index (Phi) is 4.40. The van der Waals surface area contributed by atoms with E-state index in [9.17, 15) is 4.79 Å². The van der Waals surface area contributed by atoms with Gasteiger partial charge in [-0.1, -0.05) is 25.5 Å². The lowest BCUT2D eigenvalue weighted by Crippen LogP contribution is -1.99. The molecule has 0 unspecified atom stereocenters. The minimum atomic E-state index is -0.254. The molecule has 2 nitrogen and oxygen atoms in total. The lowest BCUT2D eigenvalue weighted by molar-refractivity contribution is 0.0606. The van der Waals surface area contributed by atoms with Gasteiger partial charge in [0.15, 0.2) is 0 Å². The van der Waals surface area contributed by atoms with Crippen LogP contribution in [0.2, 0.25) is 0 Å². The highest BCUT2D eigenvalue weighted by Gasteiger charge is 2.10. The first-order valence-electron chi connectivity index (χ1n) is 4.62. The molecule has 0 atom stereocenters. The monoisotopic (exact) mass is 210 g/mol. The van der Waals surface area contributed by atoms with E-state index >= 15 is 0 Å². The van der Waals surface area contributed by atoms with Gasteiger partial charge in [-0.2, -0.15) is 0 Å². The van der Waals surface area contributed by atoms with Crippen molar-refractivity contribution in [3.8, 4) is 0 Å². The summed E-state index contributed by atoms with van der Waals surface area (Å²) in [4.78, 5) is 12.0. The van der Waals surface area contributed by atoms with Crippen LogP contribution >= 0.6 is 11.3 Å². The Morgan fingerprint density at radius 2 is 2.43 bits per heavy atom. The van der Waals surface area contributed by atoms with E-state index in [1.165, 1.54) is 18.4 Å². The van der Waals surface area contributed by atoms with Crippen LogP contribution in [0.1, 0.15) is 35.0 Å². The Hall–Kier alpha value is -1.09. The number of ether oxygens (including phenoxy) is 1. The fourth-order valence-corrected chi connectivity index (χ4v) is 1.89. The third-order valence-corrected chi connectivity index (χ3v) is 2.73. The topological polar surface area (TPSA) is 26.3 Å². The number of carbonyl (C=O) groups is 1. The Morgan fingerprint density at radius 3 is 3.07 bits per heavy atom. The summed E-state index contributed by atoms with van der Waals surface area (Å²) in [6.07, 6.45) is 6.21. The zero-order valence-corrected chi connectivity index (χ0v) is 9.26. The molecule has 0 aliphatic heterocycles. The van der Waals surface area contributed by atoms with Gasteiger partial charge in [0.25, 0.3) is 0 Å². The number of hydrogen-bond donors (Lipinski definition) is 0. The fourth-order valence-electron chi connectivity index (χ4n) is 1.09. The van der Waals surface area contributed by atoms with E-state index in [0.29, 0.717) is 4.88 Å². The predicted octanol–water partition coefficient (Wildman–Crippen LogP) is 3.35. The molecule has 0 saturated heterocycles. The van der Waals surface area contributed by atoms with Crippen molar-refractivity contribution in [1.29, 1.82) is 0 Å². The maximum absolute atomic E-state index is 11.3. The third kappa shape index (κ3) is 2.70. The van der Waals surface area contributed by atoms with Gasteiger partial charge in [0.1, 0.15) is 4.88 Å². The fraction of sp³-hybridized carbons (Fsp3) is 0.364. The number of thiophene rings is 1. The van der Waals surface area contributed by atoms with Crippen molar-refractivity contribution in [2.45, 2.75) is 19.8 Å². The first kappa shape index (κ1) is 11.0. The van der Waals surface area contributed by atoms with Gasteiger partial charge in [-0.25, -0.2) is 4.79 Å². The van der Waals surface area contributed by atoms with Crippen LogP contribution in [0.3, 0.4) is 0 Å². The SMILES string of the molecule is CCCC=Cc1ccsc1C(=O)OC. The van der Waals surface area contributed by atoms with Crippen molar-refractivity contribution in [1.82, 2.24) is 0 Å². The second-order valence-electron chi connectivity index (χ2n) is 2.89. The molecule has 0 aliphatic carbocycles. The van der Waals surface area contributed by atoms with E-state index in [1.807, 2.05) is 17.5 Å². The van der Waals surface area contributed by atoms with Crippen LogP contribution < -0.4 is 0 Å². The Bertz CT molecular complexity index is 326. The summed E-state index contributed by atoms with van der Waals surface area (Å²) < 4.78 is 4.68. The Balaban J connectivity index is 2.77. The molecule has 1 heterocycles. The zero-order valence-electron chi connectivity index (χ0n) is 8.45. The van der Waals surface area contributed by atoms with E-state index < -0.39 is 0 Å². The molecule has 0 N–H and O–H groups in total. The van der Waals surface area contributed by atoms with Crippen LogP contribution in [0, 0.1) is 0 Å². The van der Waals surface area contributed by atoms with Gasteiger partial charge in [-0.05, 0) is 23.4 Å². The van der Waals surface area contributed by atoms with Crippen molar-refractivity contribution in [2.75, 3.05) is 7.11 Å². The standard InChI is InChI=1S/C11H14O2S/c1-3-4-5-6-9-7-8-14-10(9)11(12)13-2/h5-8H,3-4H2,1-2H3. The lowest BCUT2D eigenvalue weighted by atomic mass is 10.2. The van der Waals surface area contributed by atoms with Crippen LogP contribution in [0.5, 0.6) is 0 Å². The highest BCUT2D eigenvalue weighted by molar-refractivity contribution is 7.12. The Morgan fingerprint density at radius 1 is 1.64 bits per heavy atom. The van der Waals surface area contributed by atoms with Crippen LogP contribution in [0.15, 0.2) is 17.5 Å². The van der Waals surface area contributed by atoms with Crippen LogP contribution in [-0.2, 0) is 4.74 Å². The molecule has 14 heavy (non-hydrogen) atoms. The number of allylic oxidation sites excluding steroid dienone is 1. The molecule has 0 spiro atoms. The highest BCUT2D eigenvalue weighted by Crippen LogP contribution is 2.19. The van der Waals surface area contributed by atoms with Crippen molar-refractivity contribution in [3.05, 3.63) is 28.0 Å². The van der Waals surface area contributed by atoms with Gasteiger partial charge in [0, 0.05) is 0 Å². The lowest BCUT2D eigenvalue weighted by Gasteiger charge is -1.96. The molecule has 76 valence electrons. The summed E-state index contributed by atoms with van der Waals surface area (Å²) in [7, 11) is 1.40. The minimum absolute atomic E-state index is 0.254. The average molecular weight is 210 g/mol. The Labute approximate surface area is 88.2 Å². The molecule has 3 heteroatoms. The maximum atomic E-state index is 11.3. The zero-order chi connectivity index (χ0) is 10.4. The number of esters is 1. The van der Waals surface area contributed by atoms with Crippen molar-refractivity contribution >= 4 is 23.4 Å². The van der Waals surface area contributed by atoms with Crippen molar-refractivity contribution in [3.63, 3.8) is 0 Å². The number of carbonyl (C=O) groups excluding carboxylic acids is 1. The van der Waals surface area contributed by atoms with Gasteiger partial charge >= 0.3 is 5.97 Å². The summed E-state index contributed by atoms with van der Waals surface area (Å²) in [6, 6.07) is 1.93. The first-order valence-corrected chi connectivity index (χ1v) is 5.50. The van der Waals surface area contributed by atoms with Crippen LogP contribution in [-0.4, -0.2) is 13.1 Å². The molecule has 0 aromatic carbocycles. The van der Waals surface area contributed by atoms with Gasteiger partial charge < -0.3 is 4.74 Å². The maximum Gasteiger partial charge on any atom is 0.348 e. The second kappa shape index (κ2) is 5.60. The van der Waals surface area contributed by atoms with Gasteiger partial charge in [0.05, 0.1) is 7.11 Å². The van der Waals surface area contributed by atoms with E-state index in [0.717, 1.165) is 18.4 Å². The van der Waals surface area contributed by atoms with Gasteiger partial charge in [-0.3, -0.25) is 0 Å². The summed E-state index contributed by atoms with van der Waals surface area (Å²) in [5.74, 6) is -0.254. The largest absolute Gasteiger partial charge is 0.465 e. The molecule has 0 amide bonds. The molecule has 1 aromatic rings. The summed E-state index contributed by atoms with van der Waals surface area (Å²) in [5, 5.41) is 1.90. The second-order valence-corrected chi connectivity index (χ2v) is 3.80. The number of unbranched alkanes of at least 4 members (excludes halogenated alkanes) is 1. The normalized spacial score (nSPS) is 10.7. The van der Waals surface area contributed by atoms with E-state index in [1.54, 1.807) is 0 Å². The van der Waals surface area contributed by atoms with E-state index in [-0.39, 0.29) is 5.97 Å². The number of methoxy groups -OCH3 is 1. The number of rotatable bonds is 4. The van der Waals surface area contributed by atoms with Gasteiger partial charge in [0.2, 0.25) is 0 Å². The molecule has 0 bridgehead atoms. The van der Waals surface area contributed by atoms with Crippen molar-refractivity contribution in [2.24, 2.45) is 0 Å². The molecule has 0 aliphatic rings. The molecular formula is C11H14O2S. The smallest absolute Gasteiger partial charge is 0.348 e. The predicted molar refractivity (Wildman–Crippen MR) is 59.6 cm³/mol. The first-order chi connectivity index (χ1) is 6.79. The van der Waals surface area contributed by atoms with E-state index in [4.69, 9.17) is 0 Å². The molecular weight excluding hydrogens is 196 g/mol. The molecule has 0 fully saturated rings. The molecule has 0 radical (unpaired) electrons. The van der Waals surface area contributed by atoms with Crippen molar-refractivity contribution < 1.29 is 9.53 Å². The highest BCUT2D eigenvalue weighted by atomic mass is 32.1. The van der Waals surface area contributed by atoms with E-state index in [2.05, 4.69) is 17.7 Å². The van der Waals surface area contributed by atoms with Crippen LogP contribution in [0.4, 0.5) is 0 Å². The molecule has 0 saturated carbocycles. The summed E-state index contributed by atoms with van der Waals surface area (Å²) in [6.45, 7) is 2.12. The minimum Gasteiger partial charge on any atom is -0.465 e. The molecule has 1 aromatic heterocycles. The van der Waals surface area contributed by atoms with Gasteiger partial charge in [-0.15, -0.1) is 11.3 Å². The quantitative estimate of drug-likeness (QED) is 0.712. The summed E-state index contributed by atoms with van der Waals surface area (Å²) >= 11 is 1.41. The average Bonchev–Trinajstić information content (AvgIpc) is 2.65. The summed E-state index contributed by atoms with van der Waals surface area (Å²) in [5.41, 5.74) is 0.954.